The zero-order valence-corrected chi connectivity index (χ0v) is 29.8. The Bertz CT molecular complexity index is 2490. The molecular weight excluding hydrogens is 635 g/mol. The summed E-state index contributed by atoms with van der Waals surface area (Å²) in [6.07, 6.45) is 0.169. The highest BCUT2D eigenvalue weighted by Crippen LogP contribution is 2.64. The van der Waals surface area contributed by atoms with E-state index in [1.54, 1.807) is 0 Å². The second-order valence-electron chi connectivity index (χ2n) is 14.8. The lowest BCUT2D eigenvalue weighted by atomic mass is 9.46. The van der Waals surface area contributed by atoms with E-state index in [4.69, 9.17) is 0 Å². The number of fused-ring (bicyclic) bond motifs is 2. The van der Waals surface area contributed by atoms with Crippen LogP contribution in [0.1, 0.15) is 67.6 Å². The highest BCUT2D eigenvalue weighted by molar-refractivity contribution is 6.03. The molecule has 5 atom stereocenters. The van der Waals surface area contributed by atoms with Crippen molar-refractivity contribution in [3.05, 3.63) is 202 Å². The molecule has 0 aromatic heterocycles. The van der Waals surface area contributed by atoms with E-state index in [0.29, 0.717) is 11.1 Å². The summed E-state index contributed by atoms with van der Waals surface area (Å²) in [4.78, 5) is 15.7. The maximum absolute atomic E-state index is 15.7. The SMILES string of the molecule is Cc1ccc([C@H]2C[C@@](O)(c3ccc4ccccc4c3)[C@H](C(=O)c3ccc4ccccc4c3)[C@@H](c3ccc(C)cc3)[C@]2(C#N)c2cccc(C)c2)cc1. The van der Waals surface area contributed by atoms with Gasteiger partial charge < -0.3 is 5.11 Å². The number of aliphatic hydroxyl groups is 1. The van der Waals surface area contributed by atoms with E-state index in [2.05, 4.69) is 73.7 Å². The molecule has 0 unspecified atom stereocenters. The molecule has 1 aliphatic carbocycles. The third-order valence-corrected chi connectivity index (χ3v) is 11.6. The summed E-state index contributed by atoms with van der Waals surface area (Å²) < 4.78 is 0. The summed E-state index contributed by atoms with van der Waals surface area (Å²) in [5.41, 5.74) is 4.20. The van der Waals surface area contributed by atoms with Crippen LogP contribution in [-0.2, 0) is 11.0 Å². The zero-order chi connectivity index (χ0) is 36.0. The summed E-state index contributed by atoms with van der Waals surface area (Å²) in [5, 5.41) is 29.7. The average molecular weight is 676 g/mol. The fraction of sp³-hybridized carbons (Fsp3) is 0.184. The summed E-state index contributed by atoms with van der Waals surface area (Å²) in [6, 6.07) is 55.7. The smallest absolute Gasteiger partial charge is 0.169 e. The number of rotatable bonds is 6. The third kappa shape index (κ3) is 5.52. The number of Topliss-reactive ketones (excluding diaryl/α,β-unsaturated/α-hetero) is 1. The van der Waals surface area contributed by atoms with E-state index in [9.17, 15) is 10.4 Å². The lowest BCUT2D eigenvalue weighted by molar-refractivity contribution is -0.0737. The zero-order valence-electron chi connectivity index (χ0n) is 29.8. The van der Waals surface area contributed by atoms with Gasteiger partial charge in [0.2, 0.25) is 0 Å². The monoisotopic (exact) mass is 675 g/mol. The molecule has 3 nitrogen and oxygen atoms in total. The van der Waals surface area contributed by atoms with Crippen LogP contribution in [0.2, 0.25) is 0 Å². The van der Waals surface area contributed by atoms with E-state index in [1.165, 1.54) is 0 Å². The minimum Gasteiger partial charge on any atom is -0.384 e. The minimum absolute atomic E-state index is 0.169. The molecule has 52 heavy (non-hydrogen) atoms. The third-order valence-electron chi connectivity index (χ3n) is 11.6. The van der Waals surface area contributed by atoms with Gasteiger partial charge in [-0.05, 0) is 83.1 Å². The van der Waals surface area contributed by atoms with Gasteiger partial charge in [-0.15, -0.1) is 0 Å². The van der Waals surface area contributed by atoms with Crippen LogP contribution in [0.5, 0.6) is 0 Å². The van der Waals surface area contributed by atoms with E-state index >= 15 is 4.79 Å². The predicted molar refractivity (Wildman–Crippen MR) is 211 cm³/mol. The van der Waals surface area contributed by atoms with Crippen molar-refractivity contribution < 1.29 is 9.90 Å². The van der Waals surface area contributed by atoms with E-state index in [0.717, 1.165) is 54.9 Å². The van der Waals surface area contributed by atoms with E-state index in [1.807, 2.05) is 111 Å². The molecule has 1 saturated carbocycles. The normalized spacial score (nSPS) is 22.9. The Morgan fingerprint density at radius 3 is 1.79 bits per heavy atom. The van der Waals surface area contributed by atoms with Gasteiger partial charge in [-0.3, -0.25) is 4.79 Å². The molecule has 7 aromatic carbocycles. The second kappa shape index (κ2) is 13.1. The Hall–Kier alpha value is -5.82. The van der Waals surface area contributed by atoms with Crippen LogP contribution in [-0.4, -0.2) is 10.9 Å². The number of hydrogen-bond acceptors (Lipinski definition) is 3. The Kier molecular flexibility index (Phi) is 8.37. The molecular formula is C49H41NO2. The first kappa shape index (κ1) is 33.3. The van der Waals surface area contributed by atoms with Crippen molar-refractivity contribution >= 4 is 27.3 Å². The summed E-state index contributed by atoms with van der Waals surface area (Å²) in [6.45, 7) is 6.14. The lowest BCUT2D eigenvalue weighted by Crippen LogP contribution is -2.58. The Balaban J connectivity index is 1.48. The van der Waals surface area contributed by atoms with E-state index in [-0.39, 0.29) is 12.2 Å². The minimum atomic E-state index is -1.65. The summed E-state index contributed by atoms with van der Waals surface area (Å²) in [7, 11) is 0. The van der Waals surface area contributed by atoms with Crippen LogP contribution in [0, 0.1) is 38.0 Å². The van der Waals surface area contributed by atoms with Crippen LogP contribution >= 0.6 is 0 Å². The highest BCUT2D eigenvalue weighted by atomic mass is 16.3. The van der Waals surface area contributed by atoms with Crippen molar-refractivity contribution in [3.63, 3.8) is 0 Å². The fourth-order valence-electron chi connectivity index (χ4n) is 8.90. The summed E-state index contributed by atoms with van der Waals surface area (Å²) >= 11 is 0. The Morgan fingerprint density at radius 2 is 1.17 bits per heavy atom. The van der Waals surface area contributed by atoms with E-state index < -0.39 is 28.8 Å². The molecule has 0 bridgehead atoms. The van der Waals surface area contributed by atoms with Gasteiger partial charge >= 0.3 is 0 Å². The number of hydrogen-bond donors (Lipinski definition) is 1. The molecule has 0 spiro atoms. The molecule has 1 N–H and O–H groups in total. The van der Waals surface area contributed by atoms with Crippen molar-refractivity contribution in [3.8, 4) is 6.07 Å². The van der Waals surface area contributed by atoms with Gasteiger partial charge in [-0.25, -0.2) is 0 Å². The van der Waals surface area contributed by atoms with Crippen molar-refractivity contribution in [1.29, 1.82) is 5.26 Å². The first-order chi connectivity index (χ1) is 25.2. The van der Waals surface area contributed by atoms with Gasteiger partial charge in [0.05, 0.1) is 17.4 Å². The number of aryl methyl sites for hydroxylation is 3. The maximum Gasteiger partial charge on any atom is 0.169 e. The molecule has 0 saturated heterocycles. The number of carbonyl (C=O) groups is 1. The van der Waals surface area contributed by atoms with Crippen LogP contribution < -0.4 is 0 Å². The number of carbonyl (C=O) groups excluding carboxylic acids is 1. The average Bonchev–Trinajstić information content (AvgIpc) is 3.17. The molecule has 0 heterocycles. The van der Waals surface area contributed by atoms with Crippen LogP contribution in [0.15, 0.2) is 158 Å². The number of nitriles is 1. The molecule has 3 heteroatoms. The van der Waals surface area contributed by atoms with Gasteiger partial charge in [0.25, 0.3) is 0 Å². The molecule has 254 valence electrons. The molecule has 1 aliphatic rings. The largest absolute Gasteiger partial charge is 0.384 e. The molecule has 0 aliphatic heterocycles. The van der Waals surface area contributed by atoms with Gasteiger partial charge in [0.15, 0.2) is 5.78 Å². The first-order valence-corrected chi connectivity index (χ1v) is 18.1. The van der Waals surface area contributed by atoms with Gasteiger partial charge in [-0.1, -0.05) is 162 Å². The van der Waals surface area contributed by atoms with Crippen molar-refractivity contribution in [2.24, 2.45) is 5.92 Å². The molecule has 0 amide bonds. The molecule has 8 rings (SSSR count). The second-order valence-corrected chi connectivity index (χ2v) is 14.8. The first-order valence-electron chi connectivity index (χ1n) is 18.1. The van der Waals surface area contributed by atoms with Gasteiger partial charge in [0.1, 0.15) is 5.60 Å². The fourth-order valence-corrected chi connectivity index (χ4v) is 8.90. The number of benzene rings is 7. The summed E-state index contributed by atoms with van der Waals surface area (Å²) in [5.74, 6) is -2.39. The molecule has 7 aromatic rings. The van der Waals surface area contributed by atoms with Crippen LogP contribution in [0.25, 0.3) is 21.5 Å². The van der Waals surface area contributed by atoms with Crippen LogP contribution in [0.3, 0.4) is 0 Å². The highest BCUT2D eigenvalue weighted by Gasteiger charge is 2.64. The quantitative estimate of drug-likeness (QED) is 0.178. The predicted octanol–water partition coefficient (Wildman–Crippen LogP) is 11.0. The Labute approximate surface area is 305 Å². The number of ketones is 1. The standard InChI is InChI=1S/C49H41NO2/c1-32-15-19-37(20-16-32)44-30-49(52,43-26-25-36-11-5-7-13-40(36)29-43)46(47(51)41-24-23-35-10-4-6-12-39(35)28-41)45(38-21-17-33(2)18-22-38)48(44,31-50)42-14-8-9-34(3)27-42/h4-29,44-46,52H,30H2,1-3H3/t44-,45-,46+,48-,49-/m1/s1. The van der Waals surface area contributed by atoms with Crippen molar-refractivity contribution in [2.75, 3.05) is 0 Å². The molecule has 0 radical (unpaired) electrons. The van der Waals surface area contributed by atoms with Crippen LogP contribution in [0.4, 0.5) is 0 Å². The van der Waals surface area contributed by atoms with Crippen molar-refractivity contribution in [1.82, 2.24) is 0 Å². The lowest BCUT2D eigenvalue weighted by Gasteiger charge is -2.56. The van der Waals surface area contributed by atoms with Crippen molar-refractivity contribution in [2.45, 2.75) is 50.0 Å². The van der Waals surface area contributed by atoms with Gasteiger partial charge in [0, 0.05) is 17.4 Å². The topological polar surface area (TPSA) is 61.1 Å². The Morgan fingerprint density at radius 1 is 0.596 bits per heavy atom. The number of nitrogens with zero attached hydrogens (tertiary/aromatic N) is 1. The van der Waals surface area contributed by atoms with Gasteiger partial charge in [-0.2, -0.15) is 5.26 Å². The molecule has 1 fully saturated rings. The maximum atomic E-state index is 15.7.